The van der Waals surface area contributed by atoms with Crippen LogP contribution >= 0.6 is 0 Å². The summed E-state index contributed by atoms with van der Waals surface area (Å²) in [5.41, 5.74) is 0.828. The van der Waals surface area contributed by atoms with Gasteiger partial charge in [-0.15, -0.1) is 0 Å². The van der Waals surface area contributed by atoms with Crippen LogP contribution in [0.4, 0.5) is 5.69 Å². The molecule has 0 atom stereocenters. The van der Waals surface area contributed by atoms with Gasteiger partial charge in [-0.1, -0.05) is 0 Å². The Labute approximate surface area is 82.8 Å². The van der Waals surface area contributed by atoms with Crippen molar-refractivity contribution in [3.63, 3.8) is 0 Å². The molecule has 0 aliphatic heterocycles. The Bertz CT molecular complexity index is 312. The molecule has 0 aromatic heterocycles. The van der Waals surface area contributed by atoms with Crippen LogP contribution in [0.2, 0.25) is 0 Å². The maximum absolute atomic E-state index is 10.1. The van der Waals surface area contributed by atoms with Crippen molar-refractivity contribution in [3.8, 4) is 11.5 Å². The Balaban J connectivity index is 2.83. The number of carbonyl (C=O) groups is 1. The van der Waals surface area contributed by atoms with E-state index in [1.807, 2.05) is 6.07 Å². The van der Waals surface area contributed by atoms with Crippen LogP contribution < -0.4 is 14.8 Å². The van der Waals surface area contributed by atoms with E-state index in [4.69, 9.17) is 9.47 Å². The van der Waals surface area contributed by atoms with Crippen LogP contribution in [0.5, 0.6) is 11.5 Å². The van der Waals surface area contributed by atoms with E-state index in [0.717, 1.165) is 12.0 Å². The van der Waals surface area contributed by atoms with Gasteiger partial charge >= 0.3 is 0 Å². The van der Waals surface area contributed by atoms with Crippen molar-refractivity contribution in [1.29, 1.82) is 0 Å². The molecule has 1 rings (SSSR count). The first-order valence-corrected chi connectivity index (χ1v) is 4.21. The number of nitrogens with one attached hydrogen (secondary N) is 1. The van der Waals surface area contributed by atoms with Gasteiger partial charge < -0.3 is 19.6 Å². The van der Waals surface area contributed by atoms with E-state index in [9.17, 15) is 4.79 Å². The van der Waals surface area contributed by atoms with Crippen LogP contribution in [0.1, 0.15) is 0 Å². The normalized spacial score (nSPS) is 9.29. The second-order valence-corrected chi connectivity index (χ2v) is 2.62. The summed E-state index contributed by atoms with van der Waals surface area (Å²) in [5, 5.41) is 2.92. The van der Waals surface area contributed by atoms with Crippen molar-refractivity contribution in [3.05, 3.63) is 18.2 Å². The standard InChI is InChI=1S/C10H13NO3/c1-13-9-4-3-8(11-5-6-12)7-10(9)14-2/h3-4,6-7,11H,5H2,1-2H3. The molecule has 4 nitrogen and oxygen atoms in total. The number of rotatable bonds is 5. The van der Waals surface area contributed by atoms with Crippen LogP contribution in [-0.4, -0.2) is 27.1 Å². The Morgan fingerprint density at radius 3 is 2.57 bits per heavy atom. The lowest BCUT2D eigenvalue weighted by Crippen LogP contribution is -2.02. The minimum atomic E-state index is 0.287. The summed E-state index contributed by atoms with van der Waals surface area (Å²) in [6, 6.07) is 5.39. The predicted octanol–water partition coefficient (Wildman–Crippen LogP) is 1.31. The number of hydrogen-bond donors (Lipinski definition) is 1. The quantitative estimate of drug-likeness (QED) is 0.720. The number of anilines is 1. The summed E-state index contributed by atoms with van der Waals surface area (Å²) >= 11 is 0. The lowest BCUT2D eigenvalue weighted by molar-refractivity contribution is -0.106. The number of hydrogen-bond acceptors (Lipinski definition) is 4. The van der Waals surface area contributed by atoms with Gasteiger partial charge in [-0.2, -0.15) is 0 Å². The Morgan fingerprint density at radius 2 is 2.00 bits per heavy atom. The monoisotopic (exact) mass is 195 g/mol. The summed E-state index contributed by atoms with van der Waals surface area (Å²) in [6.07, 6.45) is 0.802. The van der Waals surface area contributed by atoms with Crippen molar-refractivity contribution in [1.82, 2.24) is 0 Å². The second kappa shape index (κ2) is 5.11. The van der Waals surface area contributed by atoms with E-state index in [2.05, 4.69) is 5.32 Å². The average Bonchev–Trinajstić information content (AvgIpc) is 2.25. The summed E-state index contributed by atoms with van der Waals surface area (Å²) in [7, 11) is 3.15. The molecule has 0 spiro atoms. The fraction of sp³-hybridized carbons (Fsp3) is 0.300. The Kier molecular flexibility index (Phi) is 3.79. The molecular weight excluding hydrogens is 182 g/mol. The van der Waals surface area contributed by atoms with Gasteiger partial charge in [-0.3, -0.25) is 0 Å². The molecule has 0 fully saturated rings. The lowest BCUT2D eigenvalue weighted by atomic mass is 10.2. The van der Waals surface area contributed by atoms with Crippen LogP contribution in [0.25, 0.3) is 0 Å². The third-order valence-corrected chi connectivity index (χ3v) is 1.77. The Hall–Kier alpha value is -1.71. The molecule has 0 radical (unpaired) electrons. The summed E-state index contributed by atoms with van der Waals surface area (Å²) in [5.74, 6) is 1.31. The number of benzene rings is 1. The summed E-state index contributed by atoms with van der Waals surface area (Å²) in [4.78, 5) is 10.1. The number of ether oxygens (including phenoxy) is 2. The van der Waals surface area contributed by atoms with E-state index >= 15 is 0 Å². The van der Waals surface area contributed by atoms with E-state index in [0.29, 0.717) is 11.5 Å². The molecule has 0 heterocycles. The summed E-state index contributed by atoms with van der Waals surface area (Å²) in [6.45, 7) is 0.287. The van der Waals surface area contributed by atoms with Crippen molar-refractivity contribution in [2.45, 2.75) is 0 Å². The van der Waals surface area contributed by atoms with Crippen molar-refractivity contribution < 1.29 is 14.3 Å². The van der Waals surface area contributed by atoms with Crippen molar-refractivity contribution >= 4 is 12.0 Å². The van der Waals surface area contributed by atoms with Gasteiger partial charge in [0.1, 0.15) is 6.29 Å². The minimum absolute atomic E-state index is 0.287. The molecule has 1 N–H and O–H groups in total. The highest BCUT2D eigenvalue weighted by molar-refractivity contribution is 5.61. The maximum atomic E-state index is 10.1. The SMILES string of the molecule is COc1ccc(NCC=O)cc1OC. The van der Waals surface area contributed by atoms with Gasteiger partial charge in [0.2, 0.25) is 0 Å². The molecule has 0 bridgehead atoms. The average molecular weight is 195 g/mol. The van der Waals surface area contributed by atoms with Crippen LogP contribution in [0.15, 0.2) is 18.2 Å². The third-order valence-electron chi connectivity index (χ3n) is 1.77. The molecule has 0 aliphatic carbocycles. The zero-order valence-corrected chi connectivity index (χ0v) is 8.24. The minimum Gasteiger partial charge on any atom is -0.493 e. The smallest absolute Gasteiger partial charge is 0.162 e. The van der Waals surface area contributed by atoms with E-state index < -0.39 is 0 Å². The third kappa shape index (κ3) is 2.39. The zero-order chi connectivity index (χ0) is 10.4. The highest BCUT2D eigenvalue weighted by Crippen LogP contribution is 2.29. The number of carbonyl (C=O) groups excluding carboxylic acids is 1. The number of methoxy groups -OCH3 is 2. The fourth-order valence-electron chi connectivity index (χ4n) is 1.11. The topological polar surface area (TPSA) is 47.6 Å². The van der Waals surface area contributed by atoms with Gasteiger partial charge in [0.25, 0.3) is 0 Å². The summed E-state index contributed by atoms with van der Waals surface area (Å²) < 4.78 is 10.2. The molecule has 76 valence electrons. The molecule has 1 aromatic carbocycles. The predicted molar refractivity (Wildman–Crippen MR) is 54.1 cm³/mol. The molecule has 14 heavy (non-hydrogen) atoms. The fourth-order valence-corrected chi connectivity index (χ4v) is 1.11. The largest absolute Gasteiger partial charge is 0.493 e. The molecule has 0 saturated carbocycles. The van der Waals surface area contributed by atoms with Crippen LogP contribution in [0, 0.1) is 0 Å². The van der Waals surface area contributed by atoms with Gasteiger partial charge in [0, 0.05) is 11.8 Å². The maximum Gasteiger partial charge on any atom is 0.162 e. The van der Waals surface area contributed by atoms with E-state index in [1.54, 1.807) is 26.4 Å². The van der Waals surface area contributed by atoms with Crippen LogP contribution in [0.3, 0.4) is 0 Å². The lowest BCUT2D eigenvalue weighted by Gasteiger charge is -2.09. The van der Waals surface area contributed by atoms with Crippen molar-refractivity contribution in [2.24, 2.45) is 0 Å². The molecule has 4 heteroatoms. The highest BCUT2D eigenvalue weighted by Gasteiger charge is 2.03. The van der Waals surface area contributed by atoms with Gasteiger partial charge in [0.15, 0.2) is 11.5 Å². The molecule has 0 amide bonds. The molecule has 0 unspecified atom stereocenters. The number of aldehydes is 1. The van der Waals surface area contributed by atoms with Gasteiger partial charge in [0.05, 0.1) is 20.8 Å². The first-order valence-electron chi connectivity index (χ1n) is 4.21. The Morgan fingerprint density at radius 1 is 1.29 bits per heavy atom. The van der Waals surface area contributed by atoms with Gasteiger partial charge in [-0.25, -0.2) is 0 Å². The molecule has 0 saturated heterocycles. The molecular formula is C10H13NO3. The second-order valence-electron chi connectivity index (χ2n) is 2.62. The van der Waals surface area contributed by atoms with E-state index in [1.165, 1.54) is 0 Å². The first-order chi connectivity index (χ1) is 6.81. The molecule has 1 aromatic rings. The first kappa shape index (κ1) is 10.4. The van der Waals surface area contributed by atoms with E-state index in [-0.39, 0.29) is 6.54 Å². The van der Waals surface area contributed by atoms with Crippen molar-refractivity contribution in [2.75, 3.05) is 26.1 Å². The highest BCUT2D eigenvalue weighted by atomic mass is 16.5. The van der Waals surface area contributed by atoms with Gasteiger partial charge in [-0.05, 0) is 12.1 Å². The molecule has 0 aliphatic rings. The van der Waals surface area contributed by atoms with Crippen LogP contribution in [-0.2, 0) is 4.79 Å². The zero-order valence-electron chi connectivity index (χ0n) is 8.24.